The molecule has 29 heavy (non-hydrogen) atoms. The van der Waals surface area contributed by atoms with Gasteiger partial charge in [0.1, 0.15) is 35.5 Å². The van der Waals surface area contributed by atoms with Crippen molar-refractivity contribution >= 4 is 11.8 Å². The third kappa shape index (κ3) is 6.22. The molecule has 0 bridgehead atoms. The van der Waals surface area contributed by atoms with Gasteiger partial charge in [-0.2, -0.15) is 0 Å². The fourth-order valence-electron chi connectivity index (χ4n) is 2.92. The Morgan fingerprint density at radius 1 is 1.21 bits per heavy atom. The number of nitrogens with zero attached hydrogens (tertiary/aromatic N) is 4. The lowest BCUT2D eigenvalue weighted by atomic mass is 10.0. The number of ether oxygens (including phenoxy) is 2. The van der Waals surface area contributed by atoms with Crippen LogP contribution in [0, 0.1) is 0 Å². The Kier molecular flexibility index (Phi) is 8.41. The Hall–Kier alpha value is -1.54. The van der Waals surface area contributed by atoms with Crippen LogP contribution in [-0.2, 0) is 22.6 Å². The Morgan fingerprint density at radius 2 is 2.07 bits per heavy atom. The maximum atomic E-state index is 9.99. The van der Waals surface area contributed by atoms with Gasteiger partial charge in [0.05, 0.1) is 38.0 Å². The van der Waals surface area contributed by atoms with Crippen molar-refractivity contribution in [3.63, 3.8) is 0 Å². The molecule has 0 radical (unpaired) electrons. The number of hydrogen-bond donors (Lipinski definition) is 5. The maximum Gasteiger partial charge on any atom is 0.132 e. The quantitative estimate of drug-likeness (QED) is 0.277. The molecule has 1 fully saturated rings. The van der Waals surface area contributed by atoms with E-state index < -0.39 is 36.5 Å². The Morgan fingerprint density at radius 3 is 2.83 bits per heavy atom. The minimum absolute atomic E-state index is 0.378. The number of aliphatic hydroxyl groups excluding tert-OH is 4. The molecule has 0 aromatic carbocycles. The van der Waals surface area contributed by atoms with Gasteiger partial charge in [-0.3, -0.25) is 0 Å². The van der Waals surface area contributed by atoms with Crippen molar-refractivity contribution < 1.29 is 29.9 Å². The number of imidazole rings is 1. The average Bonchev–Trinajstić information content (AvgIpc) is 3.39. The van der Waals surface area contributed by atoms with Crippen LogP contribution >= 0.6 is 11.8 Å². The standard InChI is InChI=1S/C17H27N5O6S/c23-8-13-14(24)15(25)16(26)17(28-13)29-4-2-1-3-27-9-12-7-22(21-20-12)6-11-5-18-10-19-11/h5,7,10,13-17,23-26H,1-4,6,8-9H2,(H,18,19). The summed E-state index contributed by atoms with van der Waals surface area (Å²) in [6.45, 7) is 1.09. The van der Waals surface area contributed by atoms with Gasteiger partial charge in [-0.25, -0.2) is 9.67 Å². The Balaban J connectivity index is 1.27. The number of thioether (sulfide) groups is 1. The summed E-state index contributed by atoms with van der Waals surface area (Å²) in [7, 11) is 0. The fraction of sp³-hybridized carbons (Fsp3) is 0.706. The van der Waals surface area contributed by atoms with E-state index in [1.807, 2.05) is 6.20 Å². The number of rotatable bonds is 11. The molecule has 0 saturated carbocycles. The zero-order valence-corrected chi connectivity index (χ0v) is 16.7. The van der Waals surface area contributed by atoms with E-state index in [1.54, 1.807) is 17.2 Å². The highest BCUT2D eigenvalue weighted by Gasteiger charge is 2.43. The molecule has 5 unspecified atom stereocenters. The van der Waals surface area contributed by atoms with E-state index in [-0.39, 0.29) is 0 Å². The van der Waals surface area contributed by atoms with E-state index in [9.17, 15) is 20.4 Å². The number of aliphatic hydroxyl groups is 4. The summed E-state index contributed by atoms with van der Waals surface area (Å²) in [5.74, 6) is 0.687. The number of hydrogen-bond acceptors (Lipinski definition) is 10. The van der Waals surface area contributed by atoms with Gasteiger partial charge in [0, 0.05) is 12.8 Å². The second kappa shape index (κ2) is 11.0. The van der Waals surface area contributed by atoms with E-state index in [1.165, 1.54) is 11.8 Å². The highest BCUT2D eigenvalue weighted by molar-refractivity contribution is 7.99. The molecule has 1 saturated heterocycles. The third-order valence-corrected chi connectivity index (χ3v) is 5.78. The minimum atomic E-state index is -1.33. The second-order valence-corrected chi connectivity index (χ2v) is 8.02. The van der Waals surface area contributed by atoms with Crippen molar-refractivity contribution in [1.82, 2.24) is 25.0 Å². The molecule has 3 rings (SSSR count). The molecule has 0 spiro atoms. The van der Waals surface area contributed by atoms with Crippen LogP contribution in [-0.4, -0.2) is 94.2 Å². The fourth-order valence-corrected chi connectivity index (χ4v) is 4.10. The van der Waals surface area contributed by atoms with Crippen LogP contribution in [0.2, 0.25) is 0 Å². The monoisotopic (exact) mass is 429 g/mol. The van der Waals surface area contributed by atoms with E-state index >= 15 is 0 Å². The van der Waals surface area contributed by atoms with Gasteiger partial charge in [0.15, 0.2) is 0 Å². The van der Waals surface area contributed by atoms with E-state index in [0.717, 1.165) is 24.2 Å². The van der Waals surface area contributed by atoms with Crippen molar-refractivity contribution in [3.05, 3.63) is 30.1 Å². The molecule has 2 aromatic heterocycles. The van der Waals surface area contributed by atoms with Gasteiger partial charge < -0.3 is 34.9 Å². The SMILES string of the molecule is OCC1OC(SCCCCOCc2cn(Cc3cnc[nH]3)nn2)C(O)C(O)C1O. The highest BCUT2D eigenvalue weighted by Crippen LogP contribution is 2.28. The summed E-state index contributed by atoms with van der Waals surface area (Å²) in [5, 5.41) is 46.8. The molecular weight excluding hydrogens is 402 g/mol. The summed E-state index contributed by atoms with van der Waals surface area (Å²) in [6.07, 6.45) is 2.11. The highest BCUT2D eigenvalue weighted by atomic mass is 32.2. The normalized spacial score (nSPS) is 27.4. The number of nitrogens with one attached hydrogen (secondary N) is 1. The number of aromatic nitrogens is 5. The van der Waals surface area contributed by atoms with E-state index in [2.05, 4.69) is 20.3 Å². The molecule has 0 amide bonds. The molecule has 0 aliphatic carbocycles. The zero-order valence-electron chi connectivity index (χ0n) is 15.9. The molecule has 2 aromatic rings. The molecule has 11 nitrogen and oxygen atoms in total. The van der Waals surface area contributed by atoms with Crippen molar-refractivity contribution in [3.8, 4) is 0 Å². The van der Waals surface area contributed by atoms with Crippen LogP contribution in [0.3, 0.4) is 0 Å². The molecule has 3 heterocycles. The van der Waals surface area contributed by atoms with Crippen LogP contribution in [0.1, 0.15) is 24.2 Å². The summed E-state index contributed by atoms with van der Waals surface area (Å²) < 4.78 is 12.8. The molecular formula is C17H27N5O6S. The topological polar surface area (TPSA) is 159 Å². The first-order valence-electron chi connectivity index (χ1n) is 9.44. The third-order valence-electron chi connectivity index (χ3n) is 4.54. The lowest BCUT2D eigenvalue weighted by Crippen LogP contribution is -2.57. The number of H-pyrrole nitrogens is 1. The smallest absolute Gasteiger partial charge is 0.132 e. The van der Waals surface area contributed by atoms with Gasteiger partial charge in [-0.05, 0) is 18.6 Å². The lowest BCUT2D eigenvalue weighted by Gasteiger charge is -2.39. The first-order chi connectivity index (χ1) is 14.1. The predicted molar refractivity (Wildman–Crippen MR) is 103 cm³/mol. The molecule has 5 N–H and O–H groups in total. The van der Waals surface area contributed by atoms with Crippen LogP contribution in [0.4, 0.5) is 0 Å². The largest absolute Gasteiger partial charge is 0.394 e. The van der Waals surface area contributed by atoms with Gasteiger partial charge in [-0.1, -0.05) is 5.21 Å². The summed E-state index contributed by atoms with van der Waals surface area (Å²) in [5.41, 5.74) is 1.01. The first kappa shape index (κ1) is 22.2. The van der Waals surface area contributed by atoms with Crippen molar-refractivity contribution in [1.29, 1.82) is 0 Å². The molecule has 1 aliphatic rings. The van der Waals surface area contributed by atoms with Crippen molar-refractivity contribution in [2.45, 2.75) is 55.8 Å². The van der Waals surface area contributed by atoms with Gasteiger partial charge in [0.25, 0.3) is 0 Å². The zero-order chi connectivity index (χ0) is 20.6. The van der Waals surface area contributed by atoms with E-state index in [4.69, 9.17) is 9.47 Å². The molecule has 5 atom stereocenters. The van der Waals surface area contributed by atoms with Gasteiger partial charge >= 0.3 is 0 Å². The van der Waals surface area contributed by atoms with Gasteiger partial charge in [-0.15, -0.1) is 16.9 Å². The van der Waals surface area contributed by atoms with Crippen LogP contribution < -0.4 is 0 Å². The first-order valence-corrected chi connectivity index (χ1v) is 10.5. The van der Waals surface area contributed by atoms with Crippen molar-refractivity contribution in [2.75, 3.05) is 19.0 Å². The van der Waals surface area contributed by atoms with Crippen LogP contribution in [0.5, 0.6) is 0 Å². The van der Waals surface area contributed by atoms with Gasteiger partial charge in [0.2, 0.25) is 0 Å². The average molecular weight is 429 g/mol. The molecule has 162 valence electrons. The Bertz CT molecular complexity index is 715. The Labute approximate surface area is 172 Å². The van der Waals surface area contributed by atoms with Crippen molar-refractivity contribution in [2.24, 2.45) is 0 Å². The van der Waals surface area contributed by atoms with Crippen LogP contribution in [0.25, 0.3) is 0 Å². The maximum absolute atomic E-state index is 9.99. The summed E-state index contributed by atoms with van der Waals surface area (Å²) in [4.78, 5) is 6.97. The lowest BCUT2D eigenvalue weighted by molar-refractivity contribution is -0.205. The minimum Gasteiger partial charge on any atom is -0.394 e. The summed E-state index contributed by atoms with van der Waals surface area (Å²) >= 11 is 1.35. The second-order valence-electron chi connectivity index (χ2n) is 6.81. The predicted octanol–water partition coefficient (Wildman–Crippen LogP) is -1.12. The number of aromatic amines is 1. The van der Waals surface area contributed by atoms with Crippen LogP contribution in [0.15, 0.2) is 18.7 Å². The molecule has 1 aliphatic heterocycles. The number of unbranched alkanes of at least 4 members (excludes halogenated alkanes) is 1. The van der Waals surface area contributed by atoms with E-state index in [0.29, 0.717) is 25.5 Å². The summed E-state index contributed by atoms with van der Waals surface area (Å²) in [6, 6.07) is 0. The molecule has 12 heteroatoms.